The van der Waals surface area contributed by atoms with E-state index in [4.69, 9.17) is 17.3 Å². The Morgan fingerprint density at radius 1 is 1.67 bits per heavy atom. The third kappa shape index (κ3) is 1.60. The zero-order valence-electron chi connectivity index (χ0n) is 8.01. The summed E-state index contributed by atoms with van der Waals surface area (Å²) in [6.45, 7) is 1.61. The average Bonchev–Trinajstić information content (AvgIpc) is 2.56. The van der Waals surface area contributed by atoms with Crippen LogP contribution in [0.3, 0.4) is 0 Å². The van der Waals surface area contributed by atoms with Crippen molar-refractivity contribution in [2.45, 2.75) is 13.0 Å². The van der Waals surface area contributed by atoms with Gasteiger partial charge in [0.15, 0.2) is 5.78 Å². The quantitative estimate of drug-likeness (QED) is 0.770. The van der Waals surface area contributed by atoms with Crippen LogP contribution in [0.5, 0.6) is 0 Å². The highest BCUT2D eigenvalue weighted by atomic mass is 35.5. The van der Waals surface area contributed by atoms with Crippen LogP contribution in [0.1, 0.15) is 17.4 Å². The molecule has 0 radical (unpaired) electrons. The Bertz CT molecular complexity index is 520. The minimum Gasteiger partial charge on any atom is -0.321 e. The summed E-state index contributed by atoms with van der Waals surface area (Å²) in [6, 6.07) is -0.597. The van der Waals surface area contributed by atoms with E-state index in [0.29, 0.717) is 5.52 Å². The van der Waals surface area contributed by atoms with E-state index in [-0.39, 0.29) is 16.8 Å². The molecule has 2 rings (SSSR count). The number of aromatic nitrogens is 3. The maximum Gasteiger partial charge on any atom is 0.208 e. The fourth-order valence-corrected chi connectivity index (χ4v) is 1.53. The molecule has 5 nitrogen and oxygen atoms in total. The molecule has 0 aromatic carbocycles. The molecule has 2 heterocycles. The number of imidazole rings is 1. The van der Waals surface area contributed by atoms with Crippen molar-refractivity contribution in [3.05, 3.63) is 29.6 Å². The van der Waals surface area contributed by atoms with Crippen molar-refractivity contribution < 1.29 is 4.79 Å². The van der Waals surface area contributed by atoms with Gasteiger partial charge in [-0.25, -0.2) is 4.98 Å². The fourth-order valence-electron chi connectivity index (χ4n) is 1.30. The minimum atomic E-state index is -0.597. The van der Waals surface area contributed by atoms with E-state index in [1.54, 1.807) is 23.7 Å². The Kier molecular flexibility index (Phi) is 2.42. The third-order valence-corrected chi connectivity index (χ3v) is 2.32. The van der Waals surface area contributed by atoms with Crippen molar-refractivity contribution in [1.29, 1.82) is 0 Å². The highest BCUT2D eigenvalue weighted by Crippen LogP contribution is 2.16. The lowest BCUT2D eigenvalue weighted by Gasteiger charge is -2.00. The summed E-state index contributed by atoms with van der Waals surface area (Å²) >= 11 is 5.86. The molecule has 0 amide bonds. The first-order valence-corrected chi connectivity index (χ1v) is 4.76. The Hall–Kier alpha value is -1.46. The zero-order chi connectivity index (χ0) is 11.0. The number of carbonyl (C=O) groups is 1. The number of nitrogens with two attached hydrogens (primary N) is 1. The first-order valence-electron chi connectivity index (χ1n) is 4.38. The summed E-state index contributed by atoms with van der Waals surface area (Å²) in [5.41, 5.74) is 6.35. The molecule has 0 saturated heterocycles. The van der Waals surface area contributed by atoms with Gasteiger partial charge in [0.1, 0.15) is 5.69 Å². The van der Waals surface area contributed by atoms with Crippen molar-refractivity contribution >= 4 is 22.9 Å². The number of Topliss-reactive ketones (excluding diaryl/α,β-unsaturated/α-hetero) is 1. The second-order valence-corrected chi connectivity index (χ2v) is 3.55. The molecule has 2 aromatic rings. The average molecular weight is 225 g/mol. The first-order chi connectivity index (χ1) is 7.11. The van der Waals surface area contributed by atoms with Gasteiger partial charge < -0.3 is 5.73 Å². The van der Waals surface area contributed by atoms with Crippen LogP contribution in [-0.4, -0.2) is 26.2 Å². The van der Waals surface area contributed by atoms with Crippen LogP contribution in [0.15, 0.2) is 18.6 Å². The Morgan fingerprint density at radius 3 is 3.07 bits per heavy atom. The lowest BCUT2D eigenvalue weighted by atomic mass is 10.1. The van der Waals surface area contributed by atoms with Gasteiger partial charge in [-0.3, -0.25) is 14.2 Å². The molecule has 15 heavy (non-hydrogen) atoms. The van der Waals surface area contributed by atoms with Crippen LogP contribution < -0.4 is 5.73 Å². The number of hydrogen-bond acceptors (Lipinski definition) is 4. The normalized spacial score (nSPS) is 13.0. The van der Waals surface area contributed by atoms with Crippen molar-refractivity contribution in [2.24, 2.45) is 5.73 Å². The van der Waals surface area contributed by atoms with E-state index in [2.05, 4.69) is 9.97 Å². The molecule has 2 aromatic heterocycles. The molecule has 1 unspecified atom stereocenters. The molecule has 1 atom stereocenters. The molecule has 0 spiro atoms. The van der Waals surface area contributed by atoms with E-state index in [1.807, 2.05) is 0 Å². The van der Waals surface area contributed by atoms with Crippen LogP contribution in [0.2, 0.25) is 5.28 Å². The standard InChI is InChI=1S/C9H9ClN4O/c1-5(11)8(15)7-6-4-12-2-3-14(6)9(10)13-7/h2-5H,11H2,1H3. The SMILES string of the molecule is CC(N)C(=O)c1nc(Cl)n2ccncc12. The van der Waals surface area contributed by atoms with E-state index in [9.17, 15) is 4.79 Å². The Balaban J connectivity index is 2.67. The van der Waals surface area contributed by atoms with Gasteiger partial charge >= 0.3 is 0 Å². The maximum atomic E-state index is 11.7. The molecule has 78 valence electrons. The van der Waals surface area contributed by atoms with Gasteiger partial charge in [0, 0.05) is 12.4 Å². The molecule has 0 aliphatic carbocycles. The van der Waals surface area contributed by atoms with Gasteiger partial charge in [-0.2, -0.15) is 0 Å². The molecular formula is C9H9ClN4O. The van der Waals surface area contributed by atoms with E-state index < -0.39 is 6.04 Å². The summed E-state index contributed by atoms with van der Waals surface area (Å²) in [6.07, 6.45) is 4.75. The summed E-state index contributed by atoms with van der Waals surface area (Å²) in [5.74, 6) is -0.243. The van der Waals surface area contributed by atoms with Gasteiger partial charge in [0.25, 0.3) is 0 Å². The van der Waals surface area contributed by atoms with Crippen LogP contribution in [-0.2, 0) is 0 Å². The Labute approximate surface area is 90.9 Å². The van der Waals surface area contributed by atoms with Crippen molar-refractivity contribution in [3.63, 3.8) is 0 Å². The smallest absolute Gasteiger partial charge is 0.208 e. The summed E-state index contributed by atoms with van der Waals surface area (Å²) < 4.78 is 1.59. The monoisotopic (exact) mass is 224 g/mol. The van der Waals surface area contributed by atoms with Crippen LogP contribution in [0.4, 0.5) is 0 Å². The molecule has 0 aliphatic rings. The molecule has 0 bridgehead atoms. The number of fused-ring (bicyclic) bond motifs is 1. The number of hydrogen-bond donors (Lipinski definition) is 1. The summed E-state index contributed by atoms with van der Waals surface area (Å²) in [5, 5.41) is 0.233. The number of carbonyl (C=O) groups excluding carboxylic acids is 1. The van der Waals surface area contributed by atoms with Crippen LogP contribution in [0, 0.1) is 0 Å². The molecular weight excluding hydrogens is 216 g/mol. The molecule has 0 fully saturated rings. The summed E-state index contributed by atoms with van der Waals surface area (Å²) in [7, 11) is 0. The molecule has 0 saturated carbocycles. The number of nitrogens with zero attached hydrogens (tertiary/aromatic N) is 3. The minimum absolute atomic E-state index is 0.233. The molecule has 0 aliphatic heterocycles. The van der Waals surface area contributed by atoms with Crippen LogP contribution in [0.25, 0.3) is 5.52 Å². The van der Waals surface area contributed by atoms with Gasteiger partial charge in [0.2, 0.25) is 5.28 Å². The lowest BCUT2D eigenvalue weighted by Crippen LogP contribution is -2.27. The van der Waals surface area contributed by atoms with Crippen molar-refractivity contribution in [1.82, 2.24) is 14.4 Å². The van der Waals surface area contributed by atoms with E-state index in [0.717, 1.165) is 0 Å². The second-order valence-electron chi connectivity index (χ2n) is 3.21. The number of ketones is 1. The van der Waals surface area contributed by atoms with Gasteiger partial charge in [-0.05, 0) is 18.5 Å². The predicted octanol–water partition coefficient (Wildman–Crippen LogP) is 0.913. The van der Waals surface area contributed by atoms with Crippen LogP contribution >= 0.6 is 11.6 Å². The third-order valence-electron chi connectivity index (χ3n) is 2.05. The van der Waals surface area contributed by atoms with Gasteiger partial charge in [0.05, 0.1) is 17.8 Å². The van der Waals surface area contributed by atoms with Gasteiger partial charge in [-0.1, -0.05) is 0 Å². The van der Waals surface area contributed by atoms with Gasteiger partial charge in [-0.15, -0.1) is 0 Å². The predicted molar refractivity (Wildman–Crippen MR) is 56.0 cm³/mol. The summed E-state index contributed by atoms with van der Waals surface area (Å²) in [4.78, 5) is 19.6. The first kappa shape index (κ1) is 10.1. The highest BCUT2D eigenvalue weighted by Gasteiger charge is 2.19. The van der Waals surface area contributed by atoms with Crippen molar-refractivity contribution in [2.75, 3.05) is 0 Å². The number of halogens is 1. The Morgan fingerprint density at radius 2 is 2.40 bits per heavy atom. The largest absolute Gasteiger partial charge is 0.321 e. The number of rotatable bonds is 2. The molecule has 6 heteroatoms. The fraction of sp³-hybridized carbons (Fsp3) is 0.222. The lowest BCUT2D eigenvalue weighted by molar-refractivity contribution is 0.0965. The molecule has 2 N–H and O–H groups in total. The maximum absolute atomic E-state index is 11.7. The second kappa shape index (κ2) is 3.60. The highest BCUT2D eigenvalue weighted by molar-refractivity contribution is 6.29. The van der Waals surface area contributed by atoms with Crippen molar-refractivity contribution in [3.8, 4) is 0 Å². The van der Waals surface area contributed by atoms with E-state index >= 15 is 0 Å². The zero-order valence-corrected chi connectivity index (χ0v) is 8.77. The van der Waals surface area contributed by atoms with E-state index in [1.165, 1.54) is 6.20 Å². The topological polar surface area (TPSA) is 73.3 Å².